The molecule has 4 rings (SSSR count). The van der Waals surface area contributed by atoms with Crippen molar-refractivity contribution in [3.8, 4) is 0 Å². The van der Waals surface area contributed by atoms with Crippen LogP contribution in [0.25, 0.3) is 0 Å². The van der Waals surface area contributed by atoms with Gasteiger partial charge in [-0.15, -0.1) is 0 Å². The third-order valence-corrected chi connectivity index (χ3v) is 6.28. The summed E-state index contributed by atoms with van der Waals surface area (Å²) in [5.74, 6) is 2.06. The summed E-state index contributed by atoms with van der Waals surface area (Å²) in [4.78, 5) is 23.5. The molecule has 1 heterocycles. The Morgan fingerprint density at radius 3 is 2.48 bits per heavy atom. The zero-order valence-electron chi connectivity index (χ0n) is 12.2. The highest BCUT2D eigenvalue weighted by molar-refractivity contribution is 5.79. The summed E-state index contributed by atoms with van der Waals surface area (Å²) >= 11 is 0. The Balaban J connectivity index is 1.34. The fourth-order valence-electron chi connectivity index (χ4n) is 4.95. The molecule has 0 aromatic rings. The normalized spacial score (nSPS) is 49.8. The van der Waals surface area contributed by atoms with E-state index in [1.807, 2.05) is 0 Å². The molecule has 6 atom stereocenters. The number of fused-ring (bicyclic) bond motifs is 5. The molecule has 1 aliphatic heterocycles. The number of urea groups is 1. The molecule has 4 fully saturated rings. The molecule has 3 N–H and O–H groups in total. The van der Waals surface area contributed by atoms with E-state index >= 15 is 0 Å². The van der Waals surface area contributed by atoms with E-state index in [1.165, 1.54) is 19.3 Å². The number of rotatable bonds is 3. The average molecular weight is 294 g/mol. The minimum Gasteiger partial charge on any atom is -0.481 e. The predicted octanol–water partition coefficient (Wildman–Crippen LogP) is 0.820. The van der Waals surface area contributed by atoms with E-state index in [0.29, 0.717) is 17.9 Å². The topological polar surface area (TPSA) is 87.7 Å². The molecule has 0 radical (unpaired) electrons. The van der Waals surface area contributed by atoms with Crippen LogP contribution >= 0.6 is 0 Å². The second-order valence-corrected chi connectivity index (χ2v) is 7.42. The van der Waals surface area contributed by atoms with E-state index in [0.717, 1.165) is 11.8 Å². The number of hydrogen-bond donors (Lipinski definition) is 3. The summed E-state index contributed by atoms with van der Waals surface area (Å²) in [6, 6.07) is -0.392. The van der Waals surface area contributed by atoms with Gasteiger partial charge >= 0.3 is 12.0 Å². The molecule has 116 valence electrons. The Morgan fingerprint density at radius 2 is 1.86 bits per heavy atom. The van der Waals surface area contributed by atoms with Crippen molar-refractivity contribution < 1.29 is 19.4 Å². The number of hydrogen-bond acceptors (Lipinski definition) is 3. The first-order valence-electron chi connectivity index (χ1n) is 7.89. The van der Waals surface area contributed by atoms with Gasteiger partial charge in [0.1, 0.15) is 5.41 Å². The summed E-state index contributed by atoms with van der Waals surface area (Å²) in [6.45, 7) is 2.03. The van der Waals surface area contributed by atoms with Gasteiger partial charge < -0.3 is 20.5 Å². The van der Waals surface area contributed by atoms with E-state index in [4.69, 9.17) is 4.74 Å². The van der Waals surface area contributed by atoms with Gasteiger partial charge in [-0.25, -0.2) is 4.79 Å². The maximum Gasteiger partial charge on any atom is 0.315 e. The summed E-state index contributed by atoms with van der Waals surface area (Å²) in [5, 5.41) is 15.2. The summed E-state index contributed by atoms with van der Waals surface area (Å²) in [5.41, 5.74) is -1.03. The van der Waals surface area contributed by atoms with Gasteiger partial charge in [0.15, 0.2) is 0 Å². The number of nitrogens with one attached hydrogen (secondary N) is 2. The maximum atomic E-state index is 12.2. The molecule has 3 saturated carbocycles. The van der Waals surface area contributed by atoms with Crippen LogP contribution in [-0.4, -0.2) is 42.4 Å². The monoisotopic (exact) mass is 294 g/mol. The first-order chi connectivity index (χ1) is 10.0. The van der Waals surface area contributed by atoms with Gasteiger partial charge in [0, 0.05) is 6.04 Å². The van der Waals surface area contributed by atoms with Crippen LogP contribution in [0.5, 0.6) is 0 Å². The number of aliphatic carboxylic acids is 1. The van der Waals surface area contributed by atoms with Crippen LogP contribution < -0.4 is 10.6 Å². The molecule has 2 amide bonds. The fourth-order valence-corrected chi connectivity index (χ4v) is 4.95. The zero-order valence-corrected chi connectivity index (χ0v) is 12.2. The average Bonchev–Trinajstić information content (AvgIpc) is 2.82. The van der Waals surface area contributed by atoms with Crippen molar-refractivity contribution in [3.05, 3.63) is 0 Å². The molecular formula is C15H22N2O4. The first kappa shape index (κ1) is 13.4. The molecule has 0 spiro atoms. The van der Waals surface area contributed by atoms with Crippen LogP contribution in [0.2, 0.25) is 0 Å². The number of ether oxygens (including phenoxy) is 1. The van der Waals surface area contributed by atoms with Crippen LogP contribution in [0.3, 0.4) is 0 Å². The molecule has 3 aliphatic carbocycles. The van der Waals surface area contributed by atoms with E-state index in [-0.39, 0.29) is 19.2 Å². The first-order valence-corrected chi connectivity index (χ1v) is 7.89. The van der Waals surface area contributed by atoms with Crippen molar-refractivity contribution in [2.75, 3.05) is 13.2 Å². The lowest BCUT2D eigenvalue weighted by Crippen LogP contribution is -2.53. The maximum absolute atomic E-state index is 12.2. The molecule has 6 heteroatoms. The molecule has 4 aliphatic rings. The Kier molecular flexibility index (Phi) is 2.77. The van der Waals surface area contributed by atoms with Crippen molar-refractivity contribution in [3.63, 3.8) is 0 Å². The van der Waals surface area contributed by atoms with Gasteiger partial charge in [-0.1, -0.05) is 0 Å². The number of carbonyl (C=O) groups is 2. The highest BCUT2D eigenvalue weighted by Crippen LogP contribution is 2.65. The number of carboxylic acid groups (broad SMARTS) is 1. The Labute approximate surface area is 123 Å². The van der Waals surface area contributed by atoms with Gasteiger partial charge in [-0.3, -0.25) is 4.79 Å². The molecule has 21 heavy (non-hydrogen) atoms. The number of amides is 2. The predicted molar refractivity (Wildman–Crippen MR) is 73.6 cm³/mol. The van der Waals surface area contributed by atoms with E-state index in [2.05, 4.69) is 10.6 Å². The molecule has 0 aromatic carbocycles. The lowest BCUT2D eigenvalue weighted by molar-refractivity contribution is -0.148. The van der Waals surface area contributed by atoms with Crippen molar-refractivity contribution in [2.24, 2.45) is 29.1 Å². The number of carbonyl (C=O) groups excluding carboxylic acids is 1. The Bertz CT molecular complexity index is 480. The Morgan fingerprint density at radius 1 is 1.19 bits per heavy atom. The van der Waals surface area contributed by atoms with Gasteiger partial charge in [0.05, 0.1) is 19.3 Å². The fraction of sp³-hybridized carbons (Fsp3) is 0.867. The molecule has 2 bridgehead atoms. The number of carboxylic acids is 1. The molecule has 1 saturated heterocycles. The van der Waals surface area contributed by atoms with E-state index < -0.39 is 17.4 Å². The van der Waals surface area contributed by atoms with Crippen LogP contribution in [0, 0.1) is 29.1 Å². The van der Waals surface area contributed by atoms with Crippen molar-refractivity contribution >= 4 is 12.0 Å². The third-order valence-electron chi connectivity index (χ3n) is 6.28. The second-order valence-electron chi connectivity index (χ2n) is 7.42. The SMILES string of the molecule is CC1(C(=O)O)COCC1NC(=O)NC1C2C3CCC(C3)C12. The third kappa shape index (κ3) is 1.88. The van der Waals surface area contributed by atoms with Gasteiger partial charge in [0.2, 0.25) is 0 Å². The molecule has 6 unspecified atom stereocenters. The lowest BCUT2D eigenvalue weighted by atomic mass is 9.85. The smallest absolute Gasteiger partial charge is 0.315 e. The molecular weight excluding hydrogens is 272 g/mol. The summed E-state index contributed by atoms with van der Waals surface area (Å²) < 4.78 is 5.25. The minimum absolute atomic E-state index is 0.145. The van der Waals surface area contributed by atoms with Gasteiger partial charge in [0.25, 0.3) is 0 Å². The highest BCUT2D eigenvalue weighted by atomic mass is 16.5. The van der Waals surface area contributed by atoms with E-state index in [1.54, 1.807) is 6.92 Å². The Hall–Kier alpha value is -1.30. The molecule has 6 nitrogen and oxygen atoms in total. The van der Waals surface area contributed by atoms with Crippen LogP contribution in [0.1, 0.15) is 26.2 Å². The summed E-state index contributed by atoms with van der Waals surface area (Å²) in [7, 11) is 0. The van der Waals surface area contributed by atoms with Crippen LogP contribution in [0.15, 0.2) is 0 Å². The van der Waals surface area contributed by atoms with Crippen LogP contribution in [0.4, 0.5) is 4.79 Å². The molecule has 0 aromatic heterocycles. The standard InChI is InChI=1S/C15H22N2O4/c1-15(13(18)19)6-21-5-9(15)16-14(20)17-12-10-7-2-3-8(4-7)11(10)12/h7-12H,2-6H2,1H3,(H,18,19)(H2,16,17,20). The van der Waals surface area contributed by atoms with Gasteiger partial charge in [-0.2, -0.15) is 0 Å². The quantitative estimate of drug-likeness (QED) is 0.719. The minimum atomic E-state index is -1.03. The van der Waals surface area contributed by atoms with Crippen molar-refractivity contribution in [1.82, 2.24) is 10.6 Å². The second kappa shape index (κ2) is 4.35. The van der Waals surface area contributed by atoms with Crippen molar-refractivity contribution in [1.29, 1.82) is 0 Å². The highest BCUT2D eigenvalue weighted by Gasteiger charge is 2.65. The summed E-state index contributed by atoms with van der Waals surface area (Å²) in [6.07, 6.45) is 3.99. The van der Waals surface area contributed by atoms with Gasteiger partial charge in [-0.05, 0) is 49.9 Å². The lowest BCUT2D eigenvalue weighted by Gasteiger charge is -2.25. The van der Waals surface area contributed by atoms with E-state index in [9.17, 15) is 14.7 Å². The van der Waals surface area contributed by atoms with Crippen LogP contribution in [-0.2, 0) is 9.53 Å². The largest absolute Gasteiger partial charge is 0.481 e. The van der Waals surface area contributed by atoms with Crippen molar-refractivity contribution in [2.45, 2.75) is 38.3 Å². The zero-order chi connectivity index (χ0) is 14.8.